The first-order valence-electron chi connectivity index (χ1n) is 10.8. The number of pyridine rings is 1. The zero-order valence-corrected chi connectivity index (χ0v) is 19.0. The molecule has 0 bridgehead atoms. The first-order valence-corrected chi connectivity index (χ1v) is 10.8. The molecule has 156 valence electrons. The number of carbonyl (C=O) groups is 1. The number of nitrogens with zero attached hydrogens (tertiary/aromatic N) is 1. The van der Waals surface area contributed by atoms with Crippen LogP contribution in [0.25, 0.3) is 17.2 Å². The number of aryl methyl sites for hydroxylation is 1. The first kappa shape index (κ1) is 22.9. The number of ether oxygens (including phenoxy) is 1. The van der Waals surface area contributed by atoms with Gasteiger partial charge in [-0.3, -0.25) is 4.98 Å². The fourth-order valence-corrected chi connectivity index (χ4v) is 3.46. The van der Waals surface area contributed by atoms with Gasteiger partial charge in [0, 0.05) is 11.1 Å². The average molecular weight is 394 g/mol. The highest BCUT2D eigenvalue weighted by Gasteiger charge is 2.27. The summed E-state index contributed by atoms with van der Waals surface area (Å²) in [6, 6.07) is 8.38. The number of unbranched alkanes of at least 4 members (excludes halogenated alkanes) is 1. The number of esters is 1. The van der Waals surface area contributed by atoms with Gasteiger partial charge in [0.2, 0.25) is 0 Å². The van der Waals surface area contributed by atoms with Crippen molar-refractivity contribution < 1.29 is 9.53 Å². The lowest BCUT2D eigenvalue weighted by Gasteiger charge is -2.23. The molecule has 0 fully saturated rings. The molecule has 1 aromatic carbocycles. The standard InChI is InChI=1S/C26H35NO2/c1-8-10-11-12-21-22(20-15-13-19(7)14-16-20)23(26(28)29-9-2)25(18(5)6)27-24(21)17(3)4/h11-18H,8-10H2,1-7H3. The van der Waals surface area contributed by atoms with E-state index in [0.717, 1.165) is 40.9 Å². The third-order valence-electron chi connectivity index (χ3n) is 4.95. The van der Waals surface area contributed by atoms with E-state index in [1.54, 1.807) is 0 Å². The molecule has 3 nitrogen and oxygen atoms in total. The first-order chi connectivity index (χ1) is 13.8. The minimum atomic E-state index is -0.292. The lowest BCUT2D eigenvalue weighted by molar-refractivity contribution is 0.0525. The Labute approximate surface area is 176 Å². The predicted molar refractivity (Wildman–Crippen MR) is 122 cm³/mol. The summed E-state index contributed by atoms with van der Waals surface area (Å²) in [7, 11) is 0. The molecule has 1 aromatic heterocycles. The molecular formula is C26H35NO2. The normalized spacial score (nSPS) is 11.6. The molecule has 29 heavy (non-hydrogen) atoms. The quantitative estimate of drug-likeness (QED) is 0.442. The lowest BCUT2D eigenvalue weighted by Crippen LogP contribution is -2.16. The summed E-state index contributed by atoms with van der Waals surface area (Å²) in [5.41, 5.74) is 6.65. The van der Waals surface area contributed by atoms with Gasteiger partial charge in [0.15, 0.2) is 0 Å². The van der Waals surface area contributed by atoms with Gasteiger partial charge in [-0.1, -0.05) is 83.0 Å². The molecule has 0 spiro atoms. The van der Waals surface area contributed by atoms with E-state index in [4.69, 9.17) is 9.72 Å². The van der Waals surface area contributed by atoms with Crippen molar-refractivity contribution in [3.63, 3.8) is 0 Å². The molecule has 0 aliphatic carbocycles. The van der Waals surface area contributed by atoms with Crippen LogP contribution in [0.1, 0.15) is 99.1 Å². The molecule has 0 unspecified atom stereocenters. The van der Waals surface area contributed by atoms with Crippen LogP contribution in [0.4, 0.5) is 0 Å². The maximum Gasteiger partial charge on any atom is 0.340 e. The van der Waals surface area contributed by atoms with Crippen LogP contribution in [0.15, 0.2) is 30.3 Å². The Morgan fingerprint density at radius 1 is 1.03 bits per heavy atom. The van der Waals surface area contributed by atoms with Crippen LogP contribution in [0, 0.1) is 6.92 Å². The van der Waals surface area contributed by atoms with Crippen LogP contribution in [0.3, 0.4) is 0 Å². The van der Waals surface area contributed by atoms with E-state index in [2.05, 4.69) is 78.0 Å². The summed E-state index contributed by atoms with van der Waals surface area (Å²) in [6.07, 6.45) is 6.40. The number of rotatable bonds is 8. The molecule has 0 atom stereocenters. The van der Waals surface area contributed by atoms with Gasteiger partial charge in [-0.05, 0) is 37.7 Å². The number of hydrogen-bond acceptors (Lipinski definition) is 3. The van der Waals surface area contributed by atoms with Gasteiger partial charge in [-0.15, -0.1) is 0 Å². The minimum absolute atomic E-state index is 0.116. The van der Waals surface area contributed by atoms with Gasteiger partial charge >= 0.3 is 5.97 Å². The molecular weight excluding hydrogens is 358 g/mol. The number of aromatic nitrogens is 1. The second kappa shape index (κ2) is 10.4. The van der Waals surface area contributed by atoms with Crippen molar-refractivity contribution in [3.8, 4) is 11.1 Å². The van der Waals surface area contributed by atoms with E-state index in [1.807, 2.05) is 6.92 Å². The number of allylic oxidation sites excluding steroid dienone is 1. The molecule has 0 amide bonds. The third-order valence-corrected chi connectivity index (χ3v) is 4.95. The summed E-state index contributed by atoms with van der Waals surface area (Å²) in [5.74, 6) is 0.0683. The van der Waals surface area contributed by atoms with Gasteiger partial charge in [-0.2, -0.15) is 0 Å². The Morgan fingerprint density at radius 2 is 1.66 bits per heavy atom. The summed E-state index contributed by atoms with van der Waals surface area (Å²) in [5, 5.41) is 0. The summed E-state index contributed by atoms with van der Waals surface area (Å²) >= 11 is 0. The molecule has 3 heteroatoms. The van der Waals surface area contributed by atoms with Crippen molar-refractivity contribution in [2.75, 3.05) is 6.61 Å². The van der Waals surface area contributed by atoms with Gasteiger partial charge in [0.25, 0.3) is 0 Å². The highest BCUT2D eigenvalue weighted by Crippen LogP contribution is 2.38. The Bertz CT molecular complexity index is 861. The van der Waals surface area contributed by atoms with Crippen molar-refractivity contribution in [1.82, 2.24) is 4.98 Å². The Kier molecular flexibility index (Phi) is 8.19. The lowest BCUT2D eigenvalue weighted by atomic mass is 9.86. The van der Waals surface area contributed by atoms with E-state index in [0.29, 0.717) is 12.2 Å². The summed E-state index contributed by atoms with van der Waals surface area (Å²) in [4.78, 5) is 18.1. The zero-order valence-electron chi connectivity index (χ0n) is 19.0. The van der Waals surface area contributed by atoms with Crippen LogP contribution < -0.4 is 0 Å². The molecule has 0 radical (unpaired) electrons. The predicted octanol–water partition coefficient (Wildman–Crippen LogP) is 7.29. The molecule has 1 heterocycles. The highest BCUT2D eigenvalue weighted by molar-refractivity contribution is 6.01. The second-order valence-electron chi connectivity index (χ2n) is 8.13. The largest absolute Gasteiger partial charge is 0.462 e. The second-order valence-corrected chi connectivity index (χ2v) is 8.13. The summed E-state index contributed by atoms with van der Waals surface area (Å²) < 4.78 is 5.48. The van der Waals surface area contributed by atoms with Gasteiger partial charge in [-0.25, -0.2) is 4.79 Å². The minimum Gasteiger partial charge on any atom is -0.462 e. The Hall–Kier alpha value is -2.42. The number of hydrogen-bond donors (Lipinski definition) is 0. The van der Waals surface area contributed by atoms with Gasteiger partial charge in [0.05, 0.1) is 23.6 Å². The van der Waals surface area contributed by atoms with Crippen LogP contribution in [-0.4, -0.2) is 17.6 Å². The smallest absolute Gasteiger partial charge is 0.340 e. The zero-order chi connectivity index (χ0) is 21.6. The van der Waals surface area contributed by atoms with Crippen LogP contribution in [0.5, 0.6) is 0 Å². The van der Waals surface area contributed by atoms with Crippen molar-refractivity contribution in [1.29, 1.82) is 0 Å². The molecule has 2 aromatic rings. The van der Waals surface area contributed by atoms with Crippen LogP contribution >= 0.6 is 0 Å². The topological polar surface area (TPSA) is 39.2 Å². The van der Waals surface area contributed by atoms with Crippen LogP contribution in [-0.2, 0) is 4.74 Å². The molecule has 0 aliphatic rings. The summed E-state index contributed by atoms with van der Waals surface area (Å²) in [6.45, 7) is 14.9. The van der Waals surface area contributed by atoms with Crippen molar-refractivity contribution in [3.05, 3.63) is 58.4 Å². The number of benzene rings is 1. The highest BCUT2D eigenvalue weighted by atomic mass is 16.5. The average Bonchev–Trinajstić information content (AvgIpc) is 2.68. The molecule has 0 N–H and O–H groups in total. The van der Waals surface area contributed by atoms with E-state index in [-0.39, 0.29) is 17.8 Å². The van der Waals surface area contributed by atoms with Crippen LogP contribution in [0.2, 0.25) is 0 Å². The van der Waals surface area contributed by atoms with Gasteiger partial charge in [0.1, 0.15) is 0 Å². The van der Waals surface area contributed by atoms with Crippen molar-refractivity contribution >= 4 is 12.0 Å². The molecule has 2 rings (SSSR count). The van der Waals surface area contributed by atoms with E-state index >= 15 is 0 Å². The van der Waals surface area contributed by atoms with Crippen molar-refractivity contribution in [2.24, 2.45) is 0 Å². The van der Waals surface area contributed by atoms with E-state index in [1.165, 1.54) is 5.56 Å². The SMILES string of the molecule is CCCC=Cc1c(C(C)C)nc(C(C)C)c(C(=O)OCC)c1-c1ccc(C)cc1. The number of carbonyl (C=O) groups excluding carboxylic acids is 1. The fraction of sp³-hybridized carbons (Fsp3) is 0.462. The van der Waals surface area contributed by atoms with Gasteiger partial charge < -0.3 is 4.74 Å². The fourth-order valence-electron chi connectivity index (χ4n) is 3.46. The van der Waals surface area contributed by atoms with E-state index < -0.39 is 0 Å². The van der Waals surface area contributed by atoms with E-state index in [9.17, 15) is 4.79 Å². The molecule has 0 saturated heterocycles. The molecule has 0 saturated carbocycles. The monoisotopic (exact) mass is 393 g/mol. The third kappa shape index (κ3) is 5.35. The Morgan fingerprint density at radius 3 is 2.17 bits per heavy atom. The maximum absolute atomic E-state index is 13.1. The Balaban J connectivity index is 2.96. The van der Waals surface area contributed by atoms with Crippen molar-refractivity contribution in [2.45, 2.75) is 73.1 Å². The molecule has 0 aliphatic heterocycles. The maximum atomic E-state index is 13.1.